The van der Waals surface area contributed by atoms with Crippen molar-refractivity contribution in [3.63, 3.8) is 0 Å². The monoisotopic (exact) mass is 496 g/mol. The molecule has 2 unspecified atom stereocenters. The standard InChI is InChI=1S/C23H21ClN6O5/c1-12(26-23(35)28-15-7-8-25-18(24)10-15)13-3-2-4-14(9-13)27-16-11-20(32)30(22(16)34)17-5-6-19(31)29-21(17)33/h2-4,7-12,17,27H,5-6H2,1H3,(H,29,31,33)(H2,25,26,28,35). The maximum atomic E-state index is 12.8. The molecule has 0 saturated carbocycles. The second-order valence-corrected chi connectivity index (χ2v) is 8.36. The van der Waals surface area contributed by atoms with Gasteiger partial charge in [0.25, 0.3) is 11.8 Å². The molecule has 0 aliphatic carbocycles. The smallest absolute Gasteiger partial charge is 0.319 e. The predicted octanol–water partition coefficient (Wildman–Crippen LogP) is 2.09. The summed E-state index contributed by atoms with van der Waals surface area (Å²) in [6.45, 7) is 1.78. The van der Waals surface area contributed by atoms with Crippen LogP contribution in [0.4, 0.5) is 16.2 Å². The fourth-order valence-electron chi connectivity index (χ4n) is 3.77. The molecule has 0 radical (unpaired) electrons. The minimum Gasteiger partial charge on any atom is -0.351 e. The van der Waals surface area contributed by atoms with Gasteiger partial charge in [0.15, 0.2) is 0 Å². The van der Waals surface area contributed by atoms with Crippen molar-refractivity contribution in [1.82, 2.24) is 20.5 Å². The lowest BCUT2D eigenvalue weighted by molar-refractivity contribution is -0.149. The van der Waals surface area contributed by atoms with Crippen LogP contribution in [0.5, 0.6) is 0 Å². The third kappa shape index (κ3) is 5.46. The summed E-state index contributed by atoms with van der Waals surface area (Å²) < 4.78 is 0. The van der Waals surface area contributed by atoms with Crippen molar-refractivity contribution in [3.8, 4) is 0 Å². The number of pyridine rings is 1. The lowest BCUT2D eigenvalue weighted by Crippen LogP contribution is -2.54. The van der Waals surface area contributed by atoms with Crippen molar-refractivity contribution in [1.29, 1.82) is 0 Å². The Morgan fingerprint density at radius 1 is 1.17 bits per heavy atom. The highest BCUT2D eigenvalue weighted by molar-refractivity contribution is 6.29. The molecule has 2 aliphatic rings. The van der Waals surface area contributed by atoms with Crippen molar-refractivity contribution in [2.24, 2.45) is 0 Å². The second-order valence-electron chi connectivity index (χ2n) is 7.98. The van der Waals surface area contributed by atoms with Gasteiger partial charge in [0.05, 0.1) is 6.04 Å². The molecule has 180 valence electrons. The SMILES string of the molecule is CC(NC(=O)Nc1ccnc(Cl)c1)c1cccc(NC2=CC(=O)N(C3CCC(=O)NC3=O)C2=O)c1. The van der Waals surface area contributed by atoms with Crippen LogP contribution in [0.1, 0.15) is 31.4 Å². The van der Waals surface area contributed by atoms with E-state index in [0.29, 0.717) is 11.4 Å². The van der Waals surface area contributed by atoms with Crippen LogP contribution in [0, 0.1) is 0 Å². The lowest BCUT2D eigenvalue weighted by Gasteiger charge is -2.28. The molecule has 6 amide bonds. The molecule has 3 heterocycles. The number of amides is 6. The fraction of sp³-hybridized carbons (Fsp3) is 0.217. The first-order valence-corrected chi connectivity index (χ1v) is 11.1. The number of nitrogens with one attached hydrogen (secondary N) is 4. The molecule has 0 bridgehead atoms. The molecule has 12 heteroatoms. The summed E-state index contributed by atoms with van der Waals surface area (Å²) in [5.41, 5.74) is 1.74. The molecular weight excluding hydrogens is 476 g/mol. The third-order valence-electron chi connectivity index (χ3n) is 5.47. The predicted molar refractivity (Wildman–Crippen MR) is 126 cm³/mol. The highest BCUT2D eigenvalue weighted by atomic mass is 35.5. The van der Waals surface area contributed by atoms with E-state index in [0.717, 1.165) is 16.5 Å². The Labute approximate surface area is 204 Å². The molecule has 1 fully saturated rings. The summed E-state index contributed by atoms with van der Waals surface area (Å²) in [5.74, 6) is -2.40. The van der Waals surface area contributed by atoms with Crippen molar-refractivity contribution in [2.75, 3.05) is 10.6 Å². The van der Waals surface area contributed by atoms with Crippen LogP contribution < -0.4 is 21.3 Å². The Kier molecular flexibility index (Phi) is 6.78. The van der Waals surface area contributed by atoms with E-state index < -0.39 is 41.7 Å². The number of carbonyl (C=O) groups excluding carboxylic acids is 5. The maximum absolute atomic E-state index is 12.8. The van der Waals surface area contributed by atoms with Crippen LogP contribution in [0.25, 0.3) is 0 Å². The molecule has 2 atom stereocenters. The zero-order chi connectivity index (χ0) is 25.1. The molecule has 1 aromatic heterocycles. The van der Waals surface area contributed by atoms with Gasteiger partial charge in [0, 0.05) is 30.1 Å². The normalized spacial score (nSPS) is 18.6. The van der Waals surface area contributed by atoms with E-state index >= 15 is 0 Å². The number of carbonyl (C=O) groups is 5. The van der Waals surface area contributed by atoms with E-state index in [2.05, 4.69) is 26.3 Å². The van der Waals surface area contributed by atoms with Crippen molar-refractivity contribution in [3.05, 3.63) is 65.1 Å². The topological polar surface area (TPSA) is 150 Å². The van der Waals surface area contributed by atoms with Crippen LogP contribution in [-0.2, 0) is 19.2 Å². The minimum atomic E-state index is -1.03. The van der Waals surface area contributed by atoms with Gasteiger partial charge >= 0.3 is 6.03 Å². The Balaban J connectivity index is 1.40. The zero-order valence-electron chi connectivity index (χ0n) is 18.5. The van der Waals surface area contributed by atoms with Gasteiger partial charge in [-0.15, -0.1) is 0 Å². The summed E-state index contributed by atoms with van der Waals surface area (Å²) in [6.07, 6.45) is 2.72. The maximum Gasteiger partial charge on any atom is 0.319 e. The number of nitrogens with zero attached hydrogens (tertiary/aromatic N) is 2. The first kappa shape index (κ1) is 23.9. The number of hydrogen-bond acceptors (Lipinski definition) is 7. The first-order chi connectivity index (χ1) is 16.7. The number of hydrogen-bond donors (Lipinski definition) is 4. The number of urea groups is 1. The van der Waals surface area contributed by atoms with E-state index in [1.807, 2.05) is 0 Å². The number of anilines is 2. The van der Waals surface area contributed by atoms with Gasteiger partial charge in [-0.3, -0.25) is 29.4 Å². The molecule has 2 aromatic rings. The van der Waals surface area contributed by atoms with Crippen molar-refractivity contribution in [2.45, 2.75) is 31.8 Å². The average Bonchev–Trinajstić information content (AvgIpc) is 3.07. The van der Waals surface area contributed by atoms with E-state index in [4.69, 9.17) is 11.6 Å². The number of imide groups is 2. The van der Waals surface area contributed by atoms with Gasteiger partial charge in [0.1, 0.15) is 16.9 Å². The van der Waals surface area contributed by atoms with Gasteiger partial charge in [-0.05, 0) is 43.2 Å². The summed E-state index contributed by atoms with van der Waals surface area (Å²) in [5, 5.41) is 10.8. The van der Waals surface area contributed by atoms with Crippen LogP contribution in [0.3, 0.4) is 0 Å². The van der Waals surface area contributed by atoms with E-state index in [1.54, 1.807) is 37.3 Å². The Bertz CT molecular complexity index is 1260. The number of halogens is 1. The molecule has 4 rings (SSSR count). The molecule has 35 heavy (non-hydrogen) atoms. The van der Waals surface area contributed by atoms with Crippen LogP contribution in [0.2, 0.25) is 5.15 Å². The average molecular weight is 497 g/mol. The zero-order valence-corrected chi connectivity index (χ0v) is 19.3. The summed E-state index contributed by atoms with van der Waals surface area (Å²) >= 11 is 5.83. The van der Waals surface area contributed by atoms with Gasteiger partial charge in [0.2, 0.25) is 11.8 Å². The van der Waals surface area contributed by atoms with Gasteiger partial charge in [-0.25, -0.2) is 9.78 Å². The molecule has 0 spiro atoms. The van der Waals surface area contributed by atoms with Crippen LogP contribution in [0.15, 0.2) is 54.4 Å². The van der Waals surface area contributed by atoms with Gasteiger partial charge < -0.3 is 16.0 Å². The second kappa shape index (κ2) is 9.94. The summed E-state index contributed by atoms with van der Waals surface area (Å²) in [6, 6.07) is 8.19. The molecule has 1 saturated heterocycles. The molecule has 1 aromatic carbocycles. The Morgan fingerprint density at radius 3 is 2.71 bits per heavy atom. The highest BCUT2D eigenvalue weighted by Crippen LogP contribution is 2.24. The van der Waals surface area contributed by atoms with Gasteiger partial charge in [-0.2, -0.15) is 0 Å². The van der Waals surface area contributed by atoms with Crippen LogP contribution in [-0.4, -0.2) is 45.6 Å². The fourth-order valence-corrected chi connectivity index (χ4v) is 3.94. The van der Waals surface area contributed by atoms with E-state index in [9.17, 15) is 24.0 Å². The van der Waals surface area contributed by atoms with Crippen molar-refractivity contribution < 1.29 is 24.0 Å². The van der Waals surface area contributed by atoms with E-state index in [-0.39, 0.29) is 23.7 Å². The number of rotatable bonds is 6. The Morgan fingerprint density at radius 2 is 1.97 bits per heavy atom. The largest absolute Gasteiger partial charge is 0.351 e. The third-order valence-corrected chi connectivity index (χ3v) is 5.68. The summed E-state index contributed by atoms with van der Waals surface area (Å²) in [4.78, 5) is 65.8. The van der Waals surface area contributed by atoms with E-state index in [1.165, 1.54) is 12.3 Å². The lowest BCUT2D eigenvalue weighted by atomic mass is 10.0. The van der Waals surface area contributed by atoms with Crippen molar-refractivity contribution >= 4 is 52.6 Å². The molecule has 11 nitrogen and oxygen atoms in total. The highest BCUT2D eigenvalue weighted by Gasteiger charge is 2.42. The number of piperidine rings is 1. The molecule has 4 N–H and O–H groups in total. The van der Waals surface area contributed by atoms with Crippen LogP contribution >= 0.6 is 11.6 Å². The summed E-state index contributed by atoms with van der Waals surface area (Å²) in [7, 11) is 0. The number of aromatic nitrogens is 1. The quantitative estimate of drug-likeness (QED) is 0.353. The molecule has 2 aliphatic heterocycles. The molecular formula is C23H21ClN6O5. The van der Waals surface area contributed by atoms with Gasteiger partial charge in [-0.1, -0.05) is 23.7 Å². The first-order valence-electron chi connectivity index (χ1n) is 10.7. The Hall–Kier alpha value is -4.25. The number of benzene rings is 1. The minimum absolute atomic E-state index is 0.00442.